The average molecular weight is 391 g/mol. The van der Waals surface area contributed by atoms with Gasteiger partial charge in [-0.25, -0.2) is 13.8 Å². The van der Waals surface area contributed by atoms with Gasteiger partial charge in [0.25, 0.3) is 0 Å². The highest BCUT2D eigenvalue weighted by Gasteiger charge is 2.18. The van der Waals surface area contributed by atoms with Crippen molar-refractivity contribution in [2.24, 2.45) is 0 Å². The van der Waals surface area contributed by atoms with Crippen molar-refractivity contribution in [1.82, 2.24) is 9.88 Å². The van der Waals surface area contributed by atoms with Gasteiger partial charge >= 0.3 is 0 Å². The Morgan fingerprint density at radius 2 is 2.00 bits per heavy atom. The van der Waals surface area contributed by atoms with Crippen LogP contribution in [0.5, 0.6) is 0 Å². The highest BCUT2D eigenvalue weighted by Crippen LogP contribution is 2.26. The number of likely N-dealkylation sites (N-methyl/N-ethyl adjacent to an activating group) is 1. The predicted octanol–water partition coefficient (Wildman–Crippen LogP) is 4.45. The number of oxazole rings is 1. The van der Waals surface area contributed by atoms with Crippen LogP contribution < -0.4 is 5.32 Å². The maximum atomic E-state index is 13.7. The summed E-state index contributed by atoms with van der Waals surface area (Å²) in [6, 6.07) is 7.29. The molecule has 0 aliphatic heterocycles. The molecule has 1 aromatic carbocycles. The van der Waals surface area contributed by atoms with E-state index in [4.69, 9.17) is 4.42 Å². The van der Waals surface area contributed by atoms with E-state index in [9.17, 15) is 13.6 Å². The number of aryl methyl sites for hydroxylation is 1. The van der Waals surface area contributed by atoms with E-state index in [1.165, 1.54) is 17.4 Å². The molecule has 0 saturated heterocycles. The van der Waals surface area contributed by atoms with Crippen LogP contribution in [0.4, 0.5) is 14.5 Å². The quantitative estimate of drug-likeness (QED) is 0.646. The van der Waals surface area contributed by atoms with Crippen molar-refractivity contribution < 1.29 is 18.0 Å². The molecule has 0 spiro atoms. The molecule has 0 bridgehead atoms. The van der Waals surface area contributed by atoms with Crippen LogP contribution in [-0.2, 0) is 11.3 Å². The molecule has 3 rings (SSSR count). The lowest BCUT2D eigenvalue weighted by Gasteiger charge is -2.19. The molecule has 0 aliphatic carbocycles. The van der Waals surface area contributed by atoms with E-state index < -0.39 is 23.2 Å². The molecule has 2 aromatic heterocycles. The fourth-order valence-corrected chi connectivity index (χ4v) is 3.22. The maximum Gasteiger partial charge on any atom is 0.238 e. The van der Waals surface area contributed by atoms with Crippen LogP contribution in [0, 0.1) is 18.6 Å². The number of hydrogen-bond acceptors (Lipinski definition) is 5. The van der Waals surface area contributed by atoms with E-state index in [2.05, 4.69) is 10.3 Å². The largest absolute Gasteiger partial charge is 0.440 e. The van der Waals surface area contributed by atoms with Gasteiger partial charge in [0.2, 0.25) is 11.8 Å². The van der Waals surface area contributed by atoms with Crippen LogP contribution in [0.2, 0.25) is 0 Å². The number of benzene rings is 1. The molecule has 0 unspecified atom stereocenters. The number of carbonyl (C=O) groups excluding carboxylic acids is 1. The molecule has 27 heavy (non-hydrogen) atoms. The SMILES string of the molecule is CCN(CC(=O)Nc1c(F)cccc1F)Cc1nc(-c2cccs2)oc1C. The third-order valence-electron chi connectivity index (χ3n) is 4.04. The van der Waals surface area contributed by atoms with E-state index in [0.29, 0.717) is 24.7 Å². The van der Waals surface area contributed by atoms with Gasteiger partial charge in [0.1, 0.15) is 23.1 Å². The molecule has 8 heteroatoms. The summed E-state index contributed by atoms with van der Waals surface area (Å²) in [7, 11) is 0. The molecule has 3 aromatic rings. The zero-order chi connectivity index (χ0) is 19.4. The molecule has 142 valence electrons. The normalized spacial score (nSPS) is 11.1. The van der Waals surface area contributed by atoms with Gasteiger partial charge in [0.15, 0.2) is 0 Å². The predicted molar refractivity (Wildman–Crippen MR) is 100 cm³/mol. The first-order valence-electron chi connectivity index (χ1n) is 8.44. The highest BCUT2D eigenvalue weighted by molar-refractivity contribution is 7.13. The van der Waals surface area contributed by atoms with Crippen molar-refractivity contribution in [1.29, 1.82) is 0 Å². The average Bonchev–Trinajstić information content (AvgIpc) is 3.28. The second kappa shape index (κ2) is 8.41. The Hall–Kier alpha value is -2.58. The summed E-state index contributed by atoms with van der Waals surface area (Å²) in [6.45, 7) is 4.65. The van der Waals surface area contributed by atoms with Gasteiger partial charge in [-0.2, -0.15) is 0 Å². The Morgan fingerprint density at radius 3 is 2.63 bits per heavy atom. The highest BCUT2D eigenvalue weighted by atomic mass is 32.1. The molecular formula is C19H19F2N3O2S. The van der Waals surface area contributed by atoms with Gasteiger partial charge in [-0.15, -0.1) is 11.3 Å². The van der Waals surface area contributed by atoms with Crippen LogP contribution in [0.3, 0.4) is 0 Å². The Morgan fingerprint density at radius 1 is 1.26 bits per heavy atom. The van der Waals surface area contributed by atoms with Gasteiger partial charge in [0, 0.05) is 6.54 Å². The van der Waals surface area contributed by atoms with E-state index in [1.54, 1.807) is 0 Å². The number of amides is 1. The van der Waals surface area contributed by atoms with Crippen LogP contribution in [0.1, 0.15) is 18.4 Å². The number of thiophene rings is 1. The monoisotopic (exact) mass is 391 g/mol. The Bertz CT molecular complexity index is 905. The van der Waals surface area contributed by atoms with E-state index >= 15 is 0 Å². The van der Waals surface area contributed by atoms with E-state index in [-0.39, 0.29) is 6.54 Å². The number of rotatable bonds is 7. The molecular weight excluding hydrogens is 372 g/mol. The fraction of sp³-hybridized carbons (Fsp3) is 0.263. The lowest BCUT2D eigenvalue weighted by molar-refractivity contribution is -0.117. The maximum absolute atomic E-state index is 13.7. The summed E-state index contributed by atoms with van der Waals surface area (Å²) < 4.78 is 33.1. The van der Waals surface area contributed by atoms with Crippen molar-refractivity contribution in [3.05, 3.63) is 58.8 Å². The van der Waals surface area contributed by atoms with Crippen molar-refractivity contribution in [2.75, 3.05) is 18.4 Å². The minimum Gasteiger partial charge on any atom is -0.440 e. The van der Waals surface area contributed by atoms with Crippen LogP contribution in [-0.4, -0.2) is 28.9 Å². The minimum atomic E-state index is -0.806. The fourth-order valence-electron chi connectivity index (χ4n) is 2.57. The van der Waals surface area contributed by atoms with Crippen molar-refractivity contribution in [3.63, 3.8) is 0 Å². The van der Waals surface area contributed by atoms with Gasteiger partial charge in [-0.3, -0.25) is 9.69 Å². The first-order valence-corrected chi connectivity index (χ1v) is 9.32. The summed E-state index contributed by atoms with van der Waals surface area (Å²) >= 11 is 1.53. The molecule has 0 saturated carbocycles. The molecule has 1 N–H and O–H groups in total. The second-order valence-electron chi connectivity index (χ2n) is 5.95. The number of nitrogens with one attached hydrogen (secondary N) is 1. The molecule has 0 radical (unpaired) electrons. The zero-order valence-electron chi connectivity index (χ0n) is 15.0. The third-order valence-corrected chi connectivity index (χ3v) is 4.90. The van der Waals surface area contributed by atoms with E-state index in [0.717, 1.165) is 22.7 Å². The number of para-hydroxylation sites is 1. The smallest absolute Gasteiger partial charge is 0.238 e. The summed E-state index contributed by atoms with van der Waals surface area (Å²) in [4.78, 5) is 19.5. The number of carbonyl (C=O) groups is 1. The van der Waals surface area contributed by atoms with Crippen molar-refractivity contribution >= 4 is 22.9 Å². The Labute approximate surface area is 159 Å². The van der Waals surface area contributed by atoms with Gasteiger partial charge in [-0.05, 0) is 37.0 Å². The van der Waals surface area contributed by atoms with Gasteiger partial charge in [0.05, 0.1) is 17.1 Å². The first kappa shape index (κ1) is 19.2. The number of anilines is 1. The lowest BCUT2D eigenvalue weighted by atomic mass is 10.3. The van der Waals surface area contributed by atoms with Gasteiger partial charge < -0.3 is 9.73 Å². The first-order chi connectivity index (χ1) is 13.0. The molecule has 0 aliphatic rings. The summed E-state index contributed by atoms with van der Waals surface area (Å²) in [5.41, 5.74) is 0.293. The summed E-state index contributed by atoms with van der Waals surface area (Å²) in [5, 5.41) is 4.24. The van der Waals surface area contributed by atoms with Crippen LogP contribution in [0.25, 0.3) is 10.8 Å². The number of nitrogens with zero attached hydrogens (tertiary/aromatic N) is 2. The lowest BCUT2D eigenvalue weighted by Crippen LogP contribution is -2.33. The number of halogens is 2. The molecule has 2 heterocycles. The van der Waals surface area contributed by atoms with Crippen LogP contribution >= 0.6 is 11.3 Å². The molecule has 5 nitrogen and oxygen atoms in total. The summed E-state index contributed by atoms with van der Waals surface area (Å²) in [6.07, 6.45) is 0. The van der Waals surface area contributed by atoms with Crippen molar-refractivity contribution in [2.45, 2.75) is 20.4 Å². The molecule has 0 atom stereocenters. The standard InChI is InChI=1S/C19H19F2N3O2S/c1-3-24(11-17(25)23-18-13(20)6-4-7-14(18)21)10-15-12(2)26-19(22-15)16-8-5-9-27-16/h4-9H,3,10-11H2,1-2H3,(H,23,25). The second-order valence-corrected chi connectivity index (χ2v) is 6.90. The minimum absolute atomic E-state index is 0.0229. The summed E-state index contributed by atoms with van der Waals surface area (Å²) in [5.74, 6) is -0.886. The zero-order valence-corrected chi connectivity index (χ0v) is 15.8. The topological polar surface area (TPSA) is 58.4 Å². The van der Waals surface area contributed by atoms with Crippen molar-refractivity contribution in [3.8, 4) is 10.8 Å². The molecule has 1 amide bonds. The third kappa shape index (κ3) is 4.58. The van der Waals surface area contributed by atoms with E-state index in [1.807, 2.05) is 36.3 Å². The Kier molecular flexibility index (Phi) is 5.98. The van der Waals surface area contributed by atoms with Crippen LogP contribution in [0.15, 0.2) is 40.1 Å². The number of hydrogen-bond donors (Lipinski definition) is 1. The van der Waals surface area contributed by atoms with Gasteiger partial charge in [-0.1, -0.05) is 19.1 Å². The molecule has 0 fully saturated rings. The number of aromatic nitrogens is 1. The Balaban J connectivity index is 1.66.